The normalized spacial score (nSPS) is 23.6. The Kier molecular flexibility index (Phi) is 3.36. The van der Waals surface area contributed by atoms with Gasteiger partial charge in [-0.2, -0.15) is 10.2 Å². The first-order valence-electron chi connectivity index (χ1n) is 9.97. The van der Waals surface area contributed by atoms with Gasteiger partial charge in [-0.05, 0) is 43.0 Å². The molecule has 0 spiro atoms. The van der Waals surface area contributed by atoms with E-state index in [-0.39, 0.29) is 17.8 Å². The molecular weight excluding hydrogens is 350 g/mol. The van der Waals surface area contributed by atoms with Crippen LogP contribution in [-0.2, 0) is 6.42 Å². The molecule has 1 atom stereocenters. The van der Waals surface area contributed by atoms with Gasteiger partial charge in [0.25, 0.3) is 0 Å². The molecular formula is C22H21N5O. The number of benzene rings is 1. The van der Waals surface area contributed by atoms with Gasteiger partial charge < -0.3 is 0 Å². The maximum Gasteiger partial charge on any atom is 0.346 e. The third kappa shape index (κ3) is 2.24. The molecule has 1 aromatic carbocycles. The van der Waals surface area contributed by atoms with Gasteiger partial charge in [0, 0.05) is 24.2 Å². The Morgan fingerprint density at radius 1 is 0.964 bits per heavy atom. The summed E-state index contributed by atoms with van der Waals surface area (Å²) in [7, 11) is 0. The fraction of sp³-hybridized carbons (Fsp3) is 0.318. The molecule has 6 heteroatoms. The van der Waals surface area contributed by atoms with Crippen LogP contribution in [0.1, 0.15) is 54.3 Å². The van der Waals surface area contributed by atoms with E-state index in [0.717, 1.165) is 37.0 Å². The van der Waals surface area contributed by atoms with Crippen LogP contribution < -0.4 is 5.69 Å². The molecule has 1 saturated carbocycles. The number of aryl methyl sites for hydroxylation is 1. The topological polar surface area (TPSA) is 57.1 Å². The molecule has 1 aliphatic heterocycles. The second-order valence-electron chi connectivity index (χ2n) is 7.92. The van der Waals surface area contributed by atoms with E-state index in [2.05, 4.69) is 35.4 Å². The van der Waals surface area contributed by atoms with Crippen LogP contribution in [0.15, 0.2) is 65.6 Å². The predicted molar refractivity (Wildman–Crippen MR) is 106 cm³/mol. The molecule has 3 aromatic heterocycles. The summed E-state index contributed by atoms with van der Waals surface area (Å²) in [5.41, 5.74) is 3.58. The lowest BCUT2D eigenvalue weighted by atomic mass is 9.78. The van der Waals surface area contributed by atoms with Crippen LogP contribution in [-0.4, -0.2) is 24.0 Å². The monoisotopic (exact) mass is 371 g/mol. The predicted octanol–water partition coefficient (Wildman–Crippen LogP) is 3.35. The largest absolute Gasteiger partial charge is 0.346 e. The van der Waals surface area contributed by atoms with Crippen LogP contribution >= 0.6 is 0 Å². The standard InChI is InChI=1S/C22H21N5O/c28-22-25-19(15-5-2-1-3-6-15)9-10-21(25)24-27(22)18-13-16(14-18)20-8-4-7-17-11-12-23-26(17)20/h1-8,11-12,16,18-19H,9-10,13-14H2/t16?,18?,19-/m0/s1. The van der Waals surface area contributed by atoms with Crippen LogP contribution in [0.4, 0.5) is 0 Å². The van der Waals surface area contributed by atoms with Crippen molar-refractivity contribution < 1.29 is 0 Å². The van der Waals surface area contributed by atoms with Crippen molar-refractivity contribution in [3.63, 3.8) is 0 Å². The zero-order chi connectivity index (χ0) is 18.7. The van der Waals surface area contributed by atoms with Crippen LogP contribution in [0.3, 0.4) is 0 Å². The van der Waals surface area contributed by atoms with E-state index >= 15 is 0 Å². The molecule has 6 rings (SSSR count). The molecule has 1 fully saturated rings. The highest BCUT2D eigenvalue weighted by molar-refractivity contribution is 5.46. The van der Waals surface area contributed by atoms with E-state index in [0.29, 0.717) is 5.92 Å². The quantitative estimate of drug-likeness (QED) is 0.555. The molecule has 2 aliphatic rings. The first kappa shape index (κ1) is 15.9. The number of nitrogens with zero attached hydrogens (tertiary/aromatic N) is 5. The summed E-state index contributed by atoms with van der Waals surface area (Å²) >= 11 is 0. The van der Waals surface area contributed by atoms with Crippen molar-refractivity contribution in [3.05, 3.63) is 88.4 Å². The molecule has 0 saturated heterocycles. The minimum absolute atomic E-state index is 0.0436. The lowest BCUT2D eigenvalue weighted by Crippen LogP contribution is -2.36. The van der Waals surface area contributed by atoms with Crippen LogP contribution in [0.25, 0.3) is 5.52 Å². The average molecular weight is 371 g/mol. The van der Waals surface area contributed by atoms with Crippen molar-refractivity contribution in [1.29, 1.82) is 0 Å². The fourth-order valence-electron chi connectivity index (χ4n) is 4.85. The van der Waals surface area contributed by atoms with Crippen molar-refractivity contribution >= 4 is 5.52 Å². The summed E-state index contributed by atoms with van der Waals surface area (Å²) < 4.78 is 5.67. The van der Waals surface area contributed by atoms with Gasteiger partial charge in [0.2, 0.25) is 0 Å². The number of rotatable bonds is 3. The van der Waals surface area contributed by atoms with Crippen molar-refractivity contribution in [3.8, 4) is 0 Å². The molecule has 6 nitrogen and oxygen atoms in total. The average Bonchev–Trinajstić information content (AvgIpc) is 3.39. The van der Waals surface area contributed by atoms with Crippen molar-refractivity contribution in [2.24, 2.45) is 0 Å². The lowest BCUT2D eigenvalue weighted by molar-refractivity contribution is 0.231. The highest BCUT2D eigenvalue weighted by atomic mass is 16.2. The molecule has 1 aliphatic carbocycles. The van der Waals surface area contributed by atoms with Crippen molar-refractivity contribution in [2.75, 3.05) is 0 Å². The molecule has 4 aromatic rings. The minimum Gasteiger partial charge on any atom is -0.271 e. The van der Waals surface area contributed by atoms with Gasteiger partial charge in [-0.3, -0.25) is 4.57 Å². The van der Waals surface area contributed by atoms with Crippen molar-refractivity contribution in [1.82, 2.24) is 24.0 Å². The number of pyridine rings is 1. The van der Waals surface area contributed by atoms with E-state index < -0.39 is 0 Å². The van der Waals surface area contributed by atoms with E-state index in [1.807, 2.05) is 39.5 Å². The van der Waals surface area contributed by atoms with Gasteiger partial charge in [0.15, 0.2) is 0 Å². The summed E-state index contributed by atoms with van der Waals surface area (Å²) in [6.45, 7) is 0. The fourth-order valence-corrected chi connectivity index (χ4v) is 4.85. The molecule has 4 heterocycles. The van der Waals surface area contributed by atoms with E-state index in [1.165, 1.54) is 11.3 Å². The van der Waals surface area contributed by atoms with E-state index in [1.54, 1.807) is 4.68 Å². The molecule has 0 unspecified atom stereocenters. The Morgan fingerprint density at radius 3 is 2.68 bits per heavy atom. The number of aromatic nitrogens is 5. The zero-order valence-corrected chi connectivity index (χ0v) is 15.5. The number of fused-ring (bicyclic) bond motifs is 2. The van der Waals surface area contributed by atoms with Gasteiger partial charge in [-0.25, -0.2) is 14.0 Å². The van der Waals surface area contributed by atoms with Gasteiger partial charge in [0.05, 0.1) is 17.6 Å². The van der Waals surface area contributed by atoms with Gasteiger partial charge >= 0.3 is 5.69 Å². The SMILES string of the molecule is O=c1n(C2CC(c3cccc4ccnn34)C2)nc2n1[C@H](c1ccccc1)CC2. The Hall–Kier alpha value is -3.15. The van der Waals surface area contributed by atoms with Gasteiger partial charge in [-0.1, -0.05) is 36.4 Å². The highest BCUT2D eigenvalue weighted by Crippen LogP contribution is 2.44. The van der Waals surface area contributed by atoms with Gasteiger partial charge in [-0.15, -0.1) is 0 Å². The van der Waals surface area contributed by atoms with Crippen molar-refractivity contribution in [2.45, 2.75) is 43.7 Å². The van der Waals surface area contributed by atoms with E-state index in [4.69, 9.17) is 5.10 Å². The minimum atomic E-state index is 0.0436. The second-order valence-corrected chi connectivity index (χ2v) is 7.92. The molecule has 0 bridgehead atoms. The highest BCUT2D eigenvalue weighted by Gasteiger charge is 2.37. The summed E-state index contributed by atoms with van der Waals surface area (Å²) in [4.78, 5) is 13.1. The summed E-state index contributed by atoms with van der Waals surface area (Å²) in [5.74, 6) is 1.35. The summed E-state index contributed by atoms with van der Waals surface area (Å²) in [5, 5.41) is 9.16. The number of hydrogen-bond acceptors (Lipinski definition) is 3. The maximum absolute atomic E-state index is 13.1. The number of hydrogen-bond donors (Lipinski definition) is 0. The second kappa shape index (κ2) is 5.92. The zero-order valence-electron chi connectivity index (χ0n) is 15.5. The molecule has 140 valence electrons. The lowest BCUT2D eigenvalue weighted by Gasteiger charge is -2.35. The molecule has 0 N–H and O–H groups in total. The first-order valence-corrected chi connectivity index (χ1v) is 9.97. The smallest absolute Gasteiger partial charge is 0.271 e. The Balaban J connectivity index is 1.28. The van der Waals surface area contributed by atoms with Gasteiger partial charge in [0.1, 0.15) is 5.82 Å². The summed E-state index contributed by atoms with van der Waals surface area (Å²) in [6.07, 6.45) is 5.53. The first-order chi connectivity index (χ1) is 13.8. The molecule has 0 radical (unpaired) electrons. The Bertz CT molecular complexity index is 1210. The van der Waals surface area contributed by atoms with Crippen LogP contribution in [0, 0.1) is 0 Å². The summed E-state index contributed by atoms with van der Waals surface area (Å²) in [6, 6.07) is 18.9. The van der Waals surface area contributed by atoms with E-state index in [9.17, 15) is 4.79 Å². The molecule has 0 amide bonds. The maximum atomic E-state index is 13.1. The Morgan fingerprint density at radius 2 is 1.82 bits per heavy atom. The van der Waals surface area contributed by atoms with Crippen LogP contribution in [0.2, 0.25) is 0 Å². The Labute approximate surface area is 162 Å². The third-order valence-electron chi connectivity index (χ3n) is 6.37. The molecule has 28 heavy (non-hydrogen) atoms. The third-order valence-corrected chi connectivity index (χ3v) is 6.37. The van der Waals surface area contributed by atoms with Crippen LogP contribution in [0.5, 0.6) is 0 Å².